The van der Waals surface area contributed by atoms with Gasteiger partial charge in [-0.1, -0.05) is 6.07 Å². The fraction of sp³-hybridized carbons (Fsp3) is 0.154. The number of halogens is 1. The lowest BCUT2D eigenvalue weighted by Crippen LogP contribution is -2.08. The molecule has 6 heteroatoms. The SMILES string of the molecule is Cc1cc(-c2ccc3c(c2)oc(=O)n3C)nc(Br)n1. The highest BCUT2D eigenvalue weighted by Gasteiger charge is 2.09. The van der Waals surface area contributed by atoms with Crippen molar-refractivity contribution >= 4 is 27.0 Å². The van der Waals surface area contributed by atoms with Crippen LogP contribution in [0.5, 0.6) is 0 Å². The first kappa shape index (κ1) is 12.1. The second kappa shape index (κ2) is 4.31. The predicted molar refractivity (Wildman–Crippen MR) is 74.9 cm³/mol. The summed E-state index contributed by atoms with van der Waals surface area (Å²) in [5, 5.41) is 0. The van der Waals surface area contributed by atoms with E-state index in [1.54, 1.807) is 7.05 Å². The van der Waals surface area contributed by atoms with Gasteiger partial charge in [-0.2, -0.15) is 0 Å². The number of fused-ring (bicyclic) bond motifs is 1. The number of hydrogen-bond acceptors (Lipinski definition) is 4. The first-order chi connectivity index (χ1) is 9.04. The number of benzene rings is 1. The van der Waals surface area contributed by atoms with Gasteiger partial charge in [0.15, 0.2) is 10.3 Å². The van der Waals surface area contributed by atoms with Crippen LogP contribution in [-0.4, -0.2) is 14.5 Å². The molecule has 96 valence electrons. The van der Waals surface area contributed by atoms with Crippen molar-refractivity contribution < 1.29 is 4.42 Å². The summed E-state index contributed by atoms with van der Waals surface area (Å²) in [6.07, 6.45) is 0. The topological polar surface area (TPSA) is 60.9 Å². The average Bonchev–Trinajstić information content (AvgIpc) is 2.63. The summed E-state index contributed by atoms with van der Waals surface area (Å²) in [5.74, 6) is -0.368. The van der Waals surface area contributed by atoms with Crippen molar-refractivity contribution in [3.8, 4) is 11.3 Å². The summed E-state index contributed by atoms with van der Waals surface area (Å²) in [4.78, 5) is 19.9. The minimum atomic E-state index is -0.368. The lowest BCUT2D eigenvalue weighted by atomic mass is 10.1. The van der Waals surface area contributed by atoms with Crippen LogP contribution in [0.3, 0.4) is 0 Å². The zero-order chi connectivity index (χ0) is 13.6. The van der Waals surface area contributed by atoms with E-state index in [0.29, 0.717) is 10.3 Å². The van der Waals surface area contributed by atoms with Crippen LogP contribution in [0.4, 0.5) is 0 Å². The van der Waals surface area contributed by atoms with E-state index in [1.807, 2.05) is 31.2 Å². The van der Waals surface area contributed by atoms with Crippen LogP contribution in [0, 0.1) is 6.92 Å². The van der Waals surface area contributed by atoms with Crippen molar-refractivity contribution in [2.45, 2.75) is 6.92 Å². The Labute approximate surface area is 117 Å². The molecule has 19 heavy (non-hydrogen) atoms. The van der Waals surface area contributed by atoms with E-state index in [1.165, 1.54) is 4.57 Å². The van der Waals surface area contributed by atoms with E-state index in [0.717, 1.165) is 22.5 Å². The van der Waals surface area contributed by atoms with E-state index < -0.39 is 0 Å². The van der Waals surface area contributed by atoms with Gasteiger partial charge in [-0.3, -0.25) is 4.57 Å². The molecular formula is C13H10BrN3O2. The smallest absolute Gasteiger partial charge is 0.408 e. The molecule has 2 heterocycles. The maximum atomic E-state index is 11.5. The summed E-state index contributed by atoms with van der Waals surface area (Å²) in [7, 11) is 1.68. The number of nitrogens with zero attached hydrogens (tertiary/aromatic N) is 3. The lowest BCUT2D eigenvalue weighted by molar-refractivity contribution is 0.528. The van der Waals surface area contributed by atoms with E-state index in [2.05, 4.69) is 25.9 Å². The number of aryl methyl sites for hydroxylation is 2. The summed E-state index contributed by atoms with van der Waals surface area (Å²) >= 11 is 3.28. The molecule has 3 rings (SSSR count). The third kappa shape index (κ3) is 2.08. The van der Waals surface area contributed by atoms with E-state index >= 15 is 0 Å². The normalized spacial score (nSPS) is 11.1. The Balaban J connectivity index is 2.23. The zero-order valence-electron chi connectivity index (χ0n) is 10.3. The van der Waals surface area contributed by atoms with Gasteiger partial charge in [0.1, 0.15) is 0 Å². The Morgan fingerprint density at radius 3 is 2.79 bits per heavy atom. The molecule has 0 fully saturated rings. The number of rotatable bonds is 1. The van der Waals surface area contributed by atoms with Gasteiger partial charge in [0.25, 0.3) is 0 Å². The average molecular weight is 320 g/mol. The third-order valence-electron chi connectivity index (χ3n) is 2.91. The highest BCUT2D eigenvalue weighted by Crippen LogP contribution is 2.23. The quantitative estimate of drug-likeness (QED) is 0.647. The van der Waals surface area contributed by atoms with Gasteiger partial charge in [-0.05, 0) is 41.1 Å². The molecule has 0 bridgehead atoms. The van der Waals surface area contributed by atoms with E-state index in [9.17, 15) is 4.79 Å². The van der Waals surface area contributed by atoms with Gasteiger partial charge in [0, 0.05) is 18.3 Å². The molecule has 0 saturated carbocycles. The molecule has 0 aliphatic heterocycles. The summed E-state index contributed by atoms with van der Waals surface area (Å²) in [5.41, 5.74) is 3.85. The Kier molecular flexibility index (Phi) is 2.74. The second-order valence-electron chi connectivity index (χ2n) is 4.27. The van der Waals surface area contributed by atoms with Gasteiger partial charge >= 0.3 is 5.76 Å². The first-order valence-electron chi connectivity index (χ1n) is 5.66. The third-order valence-corrected chi connectivity index (χ3v) is 3.27. The largest absolute Gasteiger partial charge is 0.419 e. The standard InChI is InChI=1S/C13H10BrN3O2/c1-7-5-9(16-12(14)15-7)8-3-4-10-11(6-8)19-13(18)17(10)2/h3-6H,1-2H3. The molecule has 5 nitrogen and oxygen atoms in total. The van der Waals surface area contributed by atoms with Crippen LogP contribution in [0.15, 0.2) is 38.2 Å². The highest BCUT2D eigenvalue weighted by atomic mass is 79.9. The number of hydrogen-bond donors (Lipinski definition) is 0. The highest BCUT2D eigenvalue weighted by molar-refractivity contribution is 9.10. The molecule has 0 unspecified atom stereocenters. The van der Waals surface area contributed by atoms with Crippen LogP contribution >= 0.6 is 15.9 Å². The lowest BCUT2D eigenvalue weighted by Gasteiger charge is -2.02. The van der Waals surface area contributed by atoms with Gasteiger partial charge < -0.3 is 4.42 Å². The Hall–Kier alpha value is -1.95. The van der Waals surface area contributed by atoms with Crippen LogP contribution in [-0.2, 0) is 7.05 Å². The minimum Gasteiger partial charge on any atom is -0.408 e. The fourth-order valence-electron chi connectivity index (χ4n) is 1.97. The molecule has 0 spiro atoms. The Morgan fingerprint density at radius 1 is 1.26 bits per heavy atom. The zero-order valence-corrected chi connectivity index (χ0v) is 11.9. The molecule has 0 aliphatic rings. The molecule has 0 saturated heterocycles. The maximum absolute atomic E-state index is 11.5. The summed E-state index contributed by atoms with van der Waals surface area (Å²) in [6, 6.07) is 7.45. The number of oxazole rings is 1. The van der Waals surface area contributed by atoms with Crippen molar-refractivity contribution in [2.24, 2.45) is 7.05 Å². The van der Waals surface area contributed by atoms with E-state index in [4.69, 9.17) is 4.42 Å². The Morgan fingerprint density at radius 2 is 2.05 bits per heavy atom. The van der Waals surface area contributed by atoms with Crippen molar-refractivity contribution in [3.05, 3.63) is 45.2 Å². The summed E-state index contributed by atoms with van der Waals surface area (Å²) in [6.45, 7) is 1.90. The molecular weight excluding hydrogens is 310 g/mol. The molecule has 2 aromatic heterocycles. The molecule has 3 aromatic rings. The van der Waals surface area contributed by atoms with Gasteiger partial charge in [-0.15, -0.1) is 0 Å². The maximum Gasteiger partial charge on any atom is 0.419 e. The molecule has 0 aliphatic carbocycles. The molecule has 0 amide bonds. The van der Waals surface area contributed by atoms with Crippen molar-refractivity contribution in [3.63, 3.8) is 0 Å². The number of aromatic nitrogens is 3. The monoisotopic (exact) mass is 319 g/mol. The van der Waals surface area contributed by atoms with Crippen LogP contribution in [0.25, 0.3) is 22.4 Å². The van der Waals surface area contributed by atoms with Crippen LogP contribution < -0.4 is 5.76 Å². The summed E-state index contributed by atoms with van der Waals surface area (Å²) < 4.78 is 7.19. The van der Waals surface area contributed by atoms with Gasteiger partial charge in [0.2, 0.25) is 0 Å². The van der Waals surface area contributed by atoms with Gasteiger partial charge in [-0.25, -0.2) is 14.8 Å². The fourth-order valence-corrected chi connectivity index (χ4v) is 2.44. The molecule has 0 N–H and O–H groups in total. The van der Waals surface area contributed by atoms with Crippen LogP contribution in [0.2, 0.25) is 0 Å². The first-order valence-corrected chi connectivity index (χ1v) is 6.45. The van der Waals surface area contributed by atoms with Crippen molar-refractivity contribution in [2.75, 3.05) is 0 Å². The molecule has 0 radical (unpaired) electrons. The van der Waals surface area contributed by atoms with E-state index in [-0.39, 0.29) is 5.76 Å². The predicted octanol–water partition coefficient (Wildman–Crippen LogP) is 2.66. The van der Waals surface area contributed by atoms with Gasteiger partial charge in [0.05, 0.1) is 11.2 Å². The molecule has 1 aromatic carbocycles. The second-order valence-corrected chi connectivity index (χ2v) is 4.98. The minimum absolute atomic E-state index is 0.368. The van der Waals surface area contributed by atoms with Crippen molar-refractivity contribution in [1.29, 1.82) is 0 Å². The Bertz CT molecular complexity index is 815. The van der Waals surface area contributed by atoms with Crippen molar-refractivity contribution in [1.82, 2.24) is 14.5 Å². The van der Waals surface area contributed by atoms with Crippen LogP contribution in [0.1, 0.15) is 5.69 Å². The molecule has 0 atom stereocenters.